The quantitative estimate of drug-likeness (QED) is 0.312. The average Bonchev–Trinajstić information content (AvgIpc) is 3.49. The number of aliphatic carboxylic acids is 1. The van der Waals surface area contributed by atoms with Crippen LogP contribution in [0.2, 0.25) is 0 Å². The molecule has 9 heteroatoms. The summed E-state index contributed by atoms with van der Waals surface area (Å²) in [6.07, 6.45) is 8.69. The van der Waals surface area contributed by atoms with Crippen LogP contribution >= 0.6 is 22.7 Å². The molecule has 4 atom stereocenters. The zero-order chi connectivity index (χ0) is 24.5. The number of fused-ring (bicyclic) bond motifs is 2. The van der Waals surface area contributed by atoms with Crippen LogP contribution in [0.4, 0.5) is 0 Å². The second-order valence-electron chi connectivity index (χ2n) is 9.91. The van der Waals surface area contributed by atoms with E-state index in [4.69, 9.17) is 5.11 Å². The largest absolute Gasteiger partial charge is 0.481 e. The van der Waals surface area contributed by atoms with Crippen LogP contribution in [0.15, 0.2) is 50.2 Å². The third-order valence-electron chi connectivity index (χ3n) is 7.65. The molecule has 3 saturated carbocycles. The van der Waals surface area contributed by atoms with Gasteiger partial charge in [0.15, 0.2) is 0 Å². The predicted molar refractivity (Wildman–Crippen MR) is 134 cm³/mol. The van der Waals surface area contributed by atoms with E-state index in [1.165, 1.54) is 23.8 Å². The minimum atomic E-state index is -3.59. The Bertz CT molecular complexity index is 1160. The van der Waals surface area contributed by atoms with Crippen LogP contribution in [0, 0.1) is 23.2 Å². The molecule has 1 amide bonds. The third-order valence-corrected chi connectivity index (χ3v) is 11.8. The van der Waals surface area contributed by atoms with Crippen molar-refractivity contribution >= 4 is 44.4 Å². The first kappa shape index (κ1) is 25.1. The number of carbonyl (C=O) groups is 2. The Hall–Kier alpha value is -1.97. The van der Waals surface area contributed by atoms with E-state index in [1.54, 1.807) is 22.9 Å². The molecule has 0 radical (unpaired) electrons. The maximum atomic E-state index is 13.1. The van der Waals surface area contributed by atoms with Crippen LogP contribution in [0.1, 0.15) is 62.0 Å². The van der Waals surface area contributed by atoms with Crippen LogP contribution in [0.25, 0.3) is 0 Å². The first-order valence-corrected chi connectivity index (χ1v) is 14.9. The van der Waals surface area contributed by atoms with Crippen molar-refractivity contribution < 1.29 is 23.1 Å². The molecule has 3 aliphatic rings. The molecule has 0 spiro atoms. The molecule has 2 bridgehead atoms. The van der Waals surface area contributed by atoms with Crippen LogP contribution in [-0.2, 0) is 14.6 Å². The zero-order valence-corrected chi connectivity index (χ0v) is 21.8. The van der Waals surface area contributed by atoms with Crippen LogP contribution in [0.5, 0.6) is 0 Å². The summed E-state index contributed by atoms with van der Waals surface area (Å²) < 4.78 is 25.7. The molecule has 5 rings (SSSR count). The Kier molecular flexibility index (Phi) is 7.36. The van der Waals surface area contributed by atoms with Crippen molar-refractivity contribution in [1.82, 2.24) is 5.32 Å². The number of carboxylic acids is 1. The van der Waals surface area contributed by atoms with Gasteiger partial charge in [-0.2, -0.15) is 11.3 Å². The summed E-state index contributed by atoms with van der Waals surface area (Å²) in [4.78, 5) is 24.4. The van der Waals surface area contributed by atoms with Crippen molar-refractivity contribution in [3.05, 3.63) is 46.0 Å². The highest BCUT2D eigenvalue weighted by Gasteiger charge is 2.57. The van der Waals surface area contributed by atoms with Crippen molar-refractivity contribution in [2.75, 3.05) is 0 Å². The number of sulfone groups is 1. The van der Waals surface area contributed by atoms with E-state index < -0.39 is 15.8 Å². The fraction of sp³-hybridized carbons (Fsp3) is 0.520. The van der Waals surface area contributed by atoms with Crippen molar-refractivity contribution in [1.29, 1.82) is 0 Å². The topological polar surface area (TPSA) is 101 Å². The average molecular weight is 522 g/mol. The number of rotatable bonds is 10. The normalized spacial score (nSPS) is 25.7. The lowest BCUT2D eigenvalue weighted by Gasteiger charge is -2.62. The molecule has 2 aromatic heterocycles. The number of carboxylic acid groups (broad SMARTS) is 1. The first-order valence-electron chi connectivity index (χ1n) is 11.7. The van der Waals surface area contributed by atoms with Gasteiger partial charge < -0.3 is 10.4 Å². The van der Waals surface area contributed by atoms with E-state index >= 15 is 0 Å². The highest BCUT2D eigenvalue weighted by Crippen LogP contribution is 2.62. The smallest absolute Gasteiger partial charge is 0.303 e. The lowest BCUT2D eigenvalue weighted by molar-refractivity contribution is -0.137. The maximum absolute atomic E-state index is 13.1. The predicted octanol–water partition coefficient (Wildman–Crippen LogP) is 5.62. The van der Waals surface area contributed by atoms with Gasteiger partial charge in [0.1, 0.15) is 4.21 Å². The lowest BCUT2D eigenvalue weighted by atomic mass is 9.44. The van der Waals surface area contributed by atoms with Gasteiger partial charge in [-0.3, -0.25) is 9.59 Å². The Labute approximate surface area is 209 Å². The molecule has 2 N–H and O–H groups in total. The lowest BCUT2D eigenvalue weighted by Crippen LogP contribution is -2.61. The van der Waals surface area contributed by atoms with Gasteiger partial charge in [-0.25, -0.2) is 8.42 Å². The number of amides is 1. The van der Waals surface area contributed by atoms with Crippen molar-refractivity contribution in [2.24, 2.45) is 23.2 Å². The molecular weight excluding hydrogens is 490 g/mol. The van der Waals surface area contributed by atoms with Crippen molar-refractivity contribution in [3.63, 3.8) is 0 Å². The zero-order valence-electron chi connectivity index (χ0n) is 19.4. The Morgan fingerprint density at radius 1 is 1.21 bits per heavy atom. The molecular formula is C25H31NO5S3. The molecule has 2 aromatic rings. The van der Waals surface area contributed by atoms with E-state index in [2.05, 4.69) is 31.3 Å². The third kappa shape index (κ3) is 5.02. The Morgan fingerprint density at radius 3 is 2.68 bits per heavy atom. The first-order chi connectivity index (χ1) is 16.1. The molecule has 184 valence electrons. The summed E-state index contributed by atoms with van der Waals surface area (Å²) in [5, 5.41) is 15.3. The van der Waals surface area contributed by atoms with Gasteiger partial charge in [-0.05, 0) is 78.9 Å². The van der Waals surface area contributed by atoms with Gasteiger partial charge in [-0.1, -0.05) is 26.0 Å². The minimum absolute atomic E-state index is 0.0481. The molecule has 0 aliphatic heterocycles. The second kappa shape index (κ2) is 9.95. The van der Waals surface area contributed by atoms with Gasteiger partial charge in [0, 0.05) is 17.8 Å². The van der Waals surface area contributed by atoms with Crippen LogP contribution in [-0.4, -0.2) is 31.4 Å². The summed E-state index contributed by atoms with van der Waals surface area (Å²) in [6.45, 7) is 4.63. The number of nitrogens with one attached hydrogen (secondary N) is 1. The van der Waals surface area contributed by atoms with E-state index in [-0.39, 0.29) is 32.9 Å². The van der Waals surface area contributed by atoms with E-state index in [1.807, 2.05) is 0 Å². The highest BCUT2D eigenvalue weighted by atomic mass is 32.2. The van der Waals surface area contributed by atoms with Gasteiger partial charge in [-0.15, -0.1) is 11.3 Å². The number of hydrogen-bond acceptors (Lipinski definition) is 6. The fourth-order valence-corrected chi connectivity index (χ4v) is 9.17. The number of unbranched alkanes of at least 4 members (excludes halogenated alkanes) is 1. The minimum Gasteiger partial charge on any atom is -0.481 e. The SMILES string of the molecule is CC1(C)[C@@H]2C[C@H](NC(=O)c3ccc(S(=O)(=O)c4ccsc4)s3)[C@@H](C/C=C/CCCC(=O)O)[C@H]1C2. The fourth-order valence-electron chi connectivity index (χ4n) is 5.53. The number of allylic oxidation sites excluding steroid dienone is 2. The van der Waals surface area contributed by atoms with Gasteiger partial charge in [0.2, 0.25) is 9.84 Å². The van der Waals surface area contributed by atoms with E-state index in [0.717, 1.165) is 30.6 Å². The summed E-state index contributed by atoms with van der Waals surface area (Å²) in [6, 6.07) is 4.75. The Morgan fingerprint density at radius 2 is 2.00 bits per heavy atom. The monoisotopic (exact) mass is 521 g/mol. The molecule has 34 heavy (non-hydrogen) atoms. The highest BCUT2D eigenvalue weighted by molar-refractivity contribution is 7.93. The maximum Gasteiger partial charge on any atom is 0.303 e. The van der Waals surface area contributed by atoms with Crippen LogP contribution in [0.3, 0.4) is 0 Å². The molecule has 0 aromatic carbocycles. The molecule has 3 fully saturated rings. The molecule has 2 heterocycles. The molecule has 6 nitrogen and oxygen atoms in total. The Balaban J connectivity index is 1.42. The molecule has 3 aliphatic carbocycles. The standard InChI is InChI=1S/C25H31NO5S3/c1-25(2)16-13-19(25)18(7-5-3-4-6-8-22(27)28)20(14-16)26-24(29)21-9-10-23(33-21)34(30,31)17-11-12-32-15-17/h3,5,9-12,15-16,18-20H,4,6-8,13-14H2,1-2H3,(H,26,29)(H,27,28)/b5-3+/t16-,18-,19+,20-/m0/s1. The second-order valence-corrected chi connectivity index (χ2v) is 14.0. The number of hydrogen-bond donors (Lipinski definition) is 2. The van der Waals surface area contributed by atoms with Gasteiger partial charge >= 0.3 is 5.97 Å². The molecule has 0 saturated heterocycles. The van der Waals surface area contributed by atoms with Crippen molar-refractivity contribution in [2.45, 2.75) is 67.5 Å². The molecule has 0 unspecified atom stereocenters. The summed E-state index contributed by atoms with van der Waals surface area (Å²) in [5.74, 6) is 0.435. The number of carbonyl (C=O) groups excluding carboxylic acids is 1. The van der Waals surface area contributed by atoms with Gasteiger partial charge in [0.25, 0.3) is 5.91 Å². The van der Waals surface area contributed by atoms with E-state index in [9.17, 15) is 18.0 Å². The summed E-state index contributed by atoms with van der Waals surface area (Å²) >= 11 is 2.35. The summed E-state index contributed by atoms with van der Waals surface area (Å²) in [5.41, 5.74) is 0.258. The van der Waals surface area contributed by atoms with E-state index in [0.29, 0.717) is 29.1 Å². The van der Waals surface area contributed by atoms with Gasteiger partial charge in [0.05, 0.1) is 9.77 Å². The van der Waals surface area contributed by atoms with Crippen molar-refractivity contribution in [3.8, 4) is 0 Å². The summed E-state index contributed by atoms with van der Waals surface area (Å²) in [7, 11) is -3.59. The van der Waals surface area contributed by atoms with Crippen LogP contribution < -0.4 is 5.32 Å². The number of thiophene rings is 2.